The van der Waals surface area contributed by atoms with E-state index < -0.39 is 0 Å². The maximum Gasteiger partial charge on any atom is 0.137 e. The largest absolute Gasteiger partial charge is 0.342 e. The number of nitrogens with two attached hydrogens (primary N) is 1. The number of H-pyrrole nitrogens is 1. The summed E-state index contributed by atoms with van der Waals surface area (Å²) in [7, 11) is 0. The Morgan fingerprint density at radius 2 is 2.24 bits per heavy atom. The van der Waals surface area contributed by atoms with E-state index in [0.29, 0.717) is 12.5 Å². The van der Waals surface area contributed by atoms with Crippen molar-refractivity contribution in [1.82, 2.24) is 9.97 Å². The summed E-state index contributed by atoms with van der Waals surface area (Å²) in [6.45, 7) is 0.573. The zero-order valence-corrected chi connectivity index (χ0v) is 9.82. The van der Waals surface area contributed by atoms with Gasteiger partial charge in [-0.1, -0.05) is 24.6 Å². The molecule has 2 aromatic rings. The summed E-state index contributed by atoms with van der Waals surface area (Å²) in [5.41, 5.74) is 9.20. The highest BCUT2D eigenvalue weighted by Crippen LogP contribution is 2.35. The number of aromatic nitrogens is 2. The van der Waals surface area contributed by atoms with Crippen molar-refractivity contribution in [2.24, 2.45) is 5.73 Å². The van der Waals surface area contributed by atoms with Crippen molar-refractivity contribution in [2.45, 2.75) is 31.7 Å². The normalized spacial score (nSPS) is 15.8. The average molecular weight is 227 g/mol. The third-order valence-corrected chi connectivity index (χ3v) is 3.58. The molecular weight excluding hydrogens is 210 g/mol. The van der Waals surface area contributed by atoms with E-state index in [1.54, 1.807) is 0 Å². The van der Waals surface area contributed by atoms with Crippen molar-refractivity contribution in [1.29, 1.82) is 0 Å². The number of benzene rings is 1. The Hall–Kier alpha value is -1.61. The van der Waals surface area contributed by atoms with E-state index in [9.17, 15) is 0 Å². The number of nitrogens with one attached hydrogen (secondary N) is 1. The summed E-state index contributed by atoms with van der Waals surface area (Å²) in [4.78, 5) is 7.90. The van der Waals surface area contributed by atoms with Crippen LogP contribution in [-0.4, -0.2) is 9.97 Å². The Morgan fingerprint density at radius 3 is 2.94 bits per heavy atom. The number of hydrogen-bond donors (Lipinski definition) is 2. The minimum Gasteiger partial charge on any atom is -0.342 e. The SMILES string of the molecule is NCc1cccc(-c2ncc(C3CCC3)[nH]2)c1. The van der Waals surface area contributed by atoms with Crippen LogP contribution >= 0.6 is 0 Å². The topological polar surface area (TPSA) is 54.7 Å². The molecule has 0 bridgehead atoms. The van der Waals surface area contributed by atoms with Gasteiger partial charge in [-0.25, -0.2) is 4.98 Å². The maximum atomic E-state index is 5.65. The highest BCUT2D eigenvalue weighted by molar-refractivity contribution is 5.56. The summed E-state index contributed by atoms with van der Waals surface area (Å²) >= 11 is 0. The van der Waals surface area contributed by atoms with Gasteiger partial charge in [-0.2, -0.15) is 0 Å². The molecule has 3 rings (SSSR count). The second kappa shape index (κ2) is 4.34. The number of imidazole rings is 1. The Labute approximate surface area is 101 Å². The molecule has 1 aliphatic carbocycles. The standard InChI is InChI=1S/C14H17N3/c15-8-10-3-1-6-12(7-10)14-16-9-13(17-14)11-4-2-5-11/h1,3,6-7,9,11H,2,4-5,8,15H2,(H,16,17). The highest BCUT2D eigenvalue weighted by atomic mass is 14.9. The Bertz CT molecular complexity index is 512. The van der Waals surface area contributed by atoms with Gasteiger partial charge in [0.2, 0.25) is 0 Å². The molecule has 0 radical (unpaired) electrons. The molecule has 0 amide bonds. The molecule has 0 unspecified atom stereocenters. The smallest absolute Gasteiger partial charge is 0.137 e. The molecule has 1 aromatic carbocycles. The fraction of sp³-hybridized carbons (Fsp3) is 0.357. The number of aromatic amines is 1. The summed E-state index contributed by atoms with van der Waals surface area (Å²) in [5.74, 6) is 1.66. The van der Waals surface area contributed by atoms with Crippen LogP contribution < -0.4 is 5.73 Å². The quantitative estimate of drug-likeness (QED) is 0.847. The first-order valence-corrected chi connectivity index (χ1v) is 6.21. The molecule has 1 fully saturated rings. The second-order valence-electron chi connectivity index (χ2n) is 4.72. The van der Waals surface area contributed by atoms with Crippen LogP contribution in [-0.2, 0) is 6.54 Å². The zero-order valence-electron chi connectivity index (χ0n) is 9.82. The van der Waals surface area contributed by atoms with Crippen LogP contribution in [0.25, 0.3) is 11.4 Å². The molecule has 88 valence electrons. The van der Waals surface area contributed by atoms with Gasteiger partial charge in [0.1, 0.15) is 5.82 Å². The molecule has 3 heteroatoms. The summed E-state index contributed by atoms with van der Waals surface area (Å²) in [5, 5.41) is 0. The van der Waals surface area contributed by atoms with Crippen molar-refractivity contribution in [3.63, 3.8) is 0 Å². The van der Waals surface area contributed by atoms with Gasteiger partial charge in [0.15, 0.2) is 0 Å². The third-order valence-electron chi connectivity index (χ3n) is 3.58. The molecule has 17 heavy (non-hydrogen) atoms. The lowest BCUT2D eigenvalue weighted by molar-refractivity contribution is 0.412. The number of nitrogens with zero attached hydrogens (tertiary/aromatic N) is 1. The maximum absolute atomic E-state index is 5.65. The molecule has 0 atom stereocenters. The van der Waals surface area contributed by atoms with Gasteiger partial charge in [0.25, 0.3) is 0 Å². The van der Waals surface area contributed by atoms with Crippen LogP contribution in [0.3, 0.4) is 0 Å². The molecule has 0 saturated heterocycles. The molecular formula is C14H17N3. The molecule has 1 aromatic heterocycles. The van der Waals surface area contributed by atoms with Crippen LogP contribution in [0, 0.1) is 0 Å². The first-order chi connectivity index (χ1) is 8.36. The first kappa shape index (κ1) is 10.5. The lowest BCUT2D eigenvalue weighted by Crippen LogP contribution is -2.08. The minimum atomic E-state index is 0.573. The van der Waals surface area contributed by atoms with Crippen molar-refractivity contribution < 1.29 is 0 Å². The van der Waals surface area contributed by atoms with Crippen LogP contribution in [0.2, 0.25) is 0 Å². The van der Waals surface area contributed by atoms with E-state index in [2.05, 4.69) is 22.1 Å². The molecule has 0 aliphatic heterocycles. The molecule has 1 saturated carbocycles. The van der Waals surface area contributed by atoms with Gasteiger partial charge in [0, 0.05) is 29.9 Å². The Morgan fingerprint density at radius 1 is 1.35 bits per heavy atom. The van der Waals surface area contributed by atoms with Crippen molar-refractivity contribution >= 4 is 0 Å². The lowest BCUT2D eigenvalue weighted by atomic mass is 9.83. The monoisotopic (exact) mass is 227 g/mol. The van der Waals surface area contributed by atoms with Crippen molar-refractivity contribution in [2.75, 3.05) is 0 Å². The van der Waals surface area contributed by atoms with Gasteiger partial charge in [-0.05, 0) is 24.5 Å². The van der Waals surface area contributed by atoms with Crippen molar-refractivity contribution in [3.05, 3.63) is 41.7 Å². The van der Waals surface area contributed by atoms with Gasteiger partial charge in [0.05, 0.1) is 0 Å². The van der Waals surface area contributed by atoms with Gasteiger partial charge >= 0.3 is 0 Å². The van der Waals surface area contributed by atoms with Gasteiger partial charge in [-0.3, -0.25) is 0 Å². The fourth-order valence-electron chi connectivity index (χ4n) is 2.25. The predicted molar refractivity (Wildman–Crippen MR) is 68.5 cm³/mol. The molecule has 3 nitrogen and oxygen atoms in total. The molecule has 3 N–H and O–H groups in total. The van der Waals surface area contributed by atoms with E-state index in [0.717, 1.165) is 17.0 Å². The Balaban J connectivity index is 1.89. The van der Waals surface area contributed by atoms with E-state index in [-0.39, 0.29) is 0 Å². The lowest BCUT2D eigenvalue weighted by Gasteiger charge is -2.23. The summed E-state index contributed by atoms with van der Waals surface area (Å²) in [6, 6.07) is 8.24. The van der Waals surface area contributed by atoms with Crippen molar-refractivity contribution in [3.8, 4) is 11.4 Å². The zero-order chi connectivity index (χ0) is 11.7. The highest BCUT2D eigenvalue weighted by Gasteiger charge is 2.21. The van der Waals surface area contributed by atoms with E-state index in [1.165, 1.54) is 25.0 Å². The fourth-order valence-corrected chi connectivity index (χ4v) is 2.25. The van der Waals surface area contributed by atoms with Gasteiger partial charge in [-0.15, -0.1) is 0 Å². The van der Waals surface area contributed by atoms with Gasteiger partial charge < -0.3 is 10.7 Å². The predicted octanol–water partition coefficient (Wildman–Crippen LogP) is 2.80. The first-order valence-electron chi connectivity index (χ1n) is 6.21. The third kappa shape index (κ3) is 1.98. The summed E-state index contributed by atoms with van der Waals surface area (Å²) < 4.78 is 0. The molecule has 0 spiro atoms. The Kier molecular flexibility index (Phi) is 2.69. The van der Waals surface area contributed by atoms with Crippen LogP contribution in [0.5, 0.6) is 0 Å². The minimum absolute atomic E-state index is 0.573. The molecule has 1 aliphatic rings. The molecule has 1 heterocycles. The van der Waals surface area contributed by atoms with E-state index in [1.807, 2.05) is 18.3 Å². The second-order valence-corrected chi connectivity index (χ2v) is 4.72. The average Bonchev–Trinajstić information content (AvgIpc) is 2.76. The van der Waals surface area contributed by atoms with E-state index >= 15 is 0 Å². The van der Waals surface area contributed by atoms with Crippen LogP contribution in [0.1, 0.15) is 36.4 Å². The van der Waals surface area contributed by atoms with Crippen LogP contribution in [0.15, 0.2) is 30.5 Å². The number of hydrogen-bond acceptors (Lipinski definition) is 2. The van der Waals surface area contributed by atoms with E-state index in [4.69, 9.17) is 5.73 Å². The van der Waals surface area contributed by atoms with Crippen LogP contribution in [0.4, 0.5) is 0 Å². The number of rotatable bonds is 3. The summed E-state index contributed by atoms with van der Waals surface area (Å²) in [6.07, 6.45) is 5.92.